The summed E-state index contributed by atoms with van der Waals surface area (Å²) in [4.78, 5) is 12.5. The number of amides is 1. The highest BCUT2D eigenvalue weighted by Crippen LogP contribution is 2.12. The molecule has 130 valence electrons. The molecule has 0 aliphatic rings. The Labute approximate surface area is 147 Å². The summed E-state index contributed by atoms with van der Waals surface area (Å²) in [5.74, 6) is 0.249. The fraction of sp³-hybridized carbons (Fsp3) is 0.444. The minimum Gasteiger partial charge on any atom is -0.394 e. The highest BCUT2D eigenvalue weighted by Gasteiger charge is 2.18. The van der Waals surface area contributed by atoms with Crippen LogP contribution in [0, 0.1) is 5.92 Å². The number of benzene rings is 1. The fourth-order valence-corrected chi connectivity index (χ4v) is 2.71. The van der Waals surface area contributed by atoms with Crippen LogP contribution < -0.4 is 5.32 Å². The van der Waals surface area contributed by atoms with Gasteiger partial charge in [0.1, 0.15) is 5.69 Å². The van der Waals surface area contributed by atoms with Gasteiger partial charge in [0, 0.05) is 12.1 Å². The number of hydrogen-bond acceptors (Lipinski definition) is 3. The van der Waals surface area contributed by atoms with Crippen LogP contribution in [-0.4, -0.2) is 33.4 Å². The molecule has 0 saturated heterocycles. The third-order valence-corrected chi connectivity index (χ3v) is 3.98. The minimum absolute atomic E-state index is 0.134. The minimum atomic E-state index is -0.359. The summed E-state index contributed by atoms with van der Waals surface area (Å²) in [6.07, 6.45) is 1.37. The van der Waals surface area contributed by atoms with Gasteiger partial charge < -0.3 is 10.4 Å². The number of aryl methyl sites for hydroxylation is 1. The van der Waals surface area contributed by atoms with E-state index in [1.54, 1.807) is 23.9 Å². The molecule has 0 radical (unpaired) electrons. The number of carbonyl (C=O) groups is 1. The zero-order chi connectivity index (χ0) is 17.7. The Balaban J connectivity index is 2.03. The number of nitrogens with zero attached hydrogens (tertiary/aromatic N) is 2. The molecule has 1 heterocycles. The molecule has 24 heavy (non-hydrogen) atoms. The van der Waals surface area contributed by atoms with E-state index < -0.39 is 0 Å². The highest BCUT2D eigenvalue weighted by molar-refractivity contribution is 6.30. The molecule has 1 aromatic heterocycles. The van der Waals surface area contributed by atoms with Crippen LogP contribution in [-0.2, 0) is 19.9 Å². The molecule has 2 N–H and O–H groups in total. The van der Waals surface area contributed by atoms with Crippen molar-refractivity contribution in [1.82, 2.24) is 15.1 Å². The van der Waals surface area contributed by atoms with Crippen LogP contribution in [0.1, 0.15) is 35.6 Å². The van der Waals surface area contributed by atoms with Crippen LogP contribution in [0.25, 0.3) is 0 Å². The maximum Gasteiger partial charge on any atom is 0.269 e. The van der Waals surface area contributed by atoms with Gasteiger partial charge in [-0.2, -0.15) is 5.10 Å². The predicted molar refractivity (Wildman–Crippen MR) is 95.2 cm³/mol. The van der Waals surface area contributed by atoms with Crippen molar-refractivity contribution in [2.75, 3.05) is 6.61 Å². The highest BCUT2D eigenvalue weighted by atomic mass is 35.5. The van der Waals surface area contributed by atoms with Crippen LogP contribution in [0.15, 0.2) is 30.3 Å². The summed E-state index contributed by atoms with van der Waals surface area (Å²) < 4.78 is 1.59. The first kappa shape index (κ1) is 18.5. The summed E-state index contributed by atoms with van der Waals surface area (Å²) in [5.41, 5.74) is 2.40. The second kappa shape index (κ2) is 8.31. The number of carbonyl (C=O) groups excluding carboxylic acids is 1. The predicted octanol–water partition coefficient (Wildman–Crippen LogP) is 2.61. The Bertz CT molecular complexity index is 680. The van der Waals surface area contributed by atoms with Crippen molar-refractivity contribution in [1.29, 1.82) is 0 Å². The molecule has 0 bridgehead atoms. The van der Waals surface area contributed by atoms with E-state index in [9.17, 15) is 9.90 Å². The van der Waals surface area contributed by atoms with Gasteiger partial charge in [-0.1, -0.05) is 37.6 Å². The van der Waals surface area contributed by atoms with Gasteiger partial charge in [-0.15, -0.1) is 0 Å². The van der Waals surface area contributed by atoms with Gasteiger partial charge in [-0.05, 0) is 42.5 Å². The zero-order valence-electron chi connectivity index (χ0n) is 14.3. The van der Waals surface area contributed by atoms with Gasteiger partial charge in [0.25, 0.3) is 5.91 Å². The smallest absolute Gasteiger partial charge is 0.269 e. The molecular weight excluding hydrogens is 326 g/mol. The standard InChI is InChI=1S/C18H24ClN3O2/c1-12(2)8-15-10-17(22(3)21-15)18(24)20-16(11-23)9-13-4-6-14(19)7-5-13/h4-7,10,12,16,23H,8-9,11H2,1-3H3,(H,20,24)/t16-/m0/s1. The number of halogens is 1. The maximum absolute atomic E-state index is 12.5. The van der Waals surface area contributed by atoms with Crippen LogP contribution in [0.4, 0.5) is 0 Å². The van der Waals surface area contributed by atoms with E-state index in [-0.39, 0.29) is 18.6 Å². The second-order valence-corrected chi connectivity index (χ2v) is 6.86. The van der Waals surface area contributed by atoms with Gasteiger partial charge in [0.15, 0.2) is 0 Å². The van der Waals surface area contributed by atoms with E-state index in [4.69, 9.17) is 11.6 Å². The second-order valence-electron chi connectivity index (χ2n) is 6.43. The molecule has 0 aliphatic carbocycles. The number of aliphatic hydroxyl groups is 1. The normalized spacial score (nSPS) is 12.4. The Morgan fingerprint density at radius 3 is 2.54 bits per heavy atom. The summed E-state index contributed by atoms with van der Waals surface area (Å²) in [5, 5.41) is 17.5. The van der Waals surface area contributed by atoms with E-state index >= 15 is 0 Å². The van der Waals surface area contributed by atoms with Crippen LogP contribution in [0.5, 0.6) is 0 Å². The lowest BCUT2D eigenvalue weighted by molar-refractivity contribution is 0.0907. The third kappa shape index (κ3) is 5.08. The monoisotopic (exact) mass is 349 g/mol. The van der Waals surface area contributed by atoms with Crippen molar-refractivity contribution in [2.24, 2.45) is 13.0 Å². The Hall–Kier alpha value is -1.85. The molecule has 1 aromatic carbocycles. The van der Waals surface area contributed by atoms with Gasteiger partial charge in [-0.25, -0.2) is 0 Å². The van der Waals surface area contributed by atoms with Crippen LogP contribution in [0.3, 0.4) is 0 Å². The Morgan fingerprint density at radius 2 is 1.96 bits per heavy atom. The Morgan fingerprint density at radius 1 is 1.29 bits per heavy atom. The van der Waals surface area contributed by atoms with Crippen LogP contribution >= 0.6 is 11.6 Å². The molecule has 1 amide bonds. The van der Waals surface area contributed by atoms with Gasteiger partial charge in [0.2, 0.25) is 0 Å². The van der Waals surface area contributed by atoms with E-state index in [0.29, 0.717) is 23.1 Å². The molecule has 0 aliphatic heterocycles. The summed E-state index contributed by atoms with van der Waals surface area (Å²) in [7, 11) is 1.76. The number of aliphatic hydroxyl groups excluding tert-OH is 1. The fourth-order valence-electron chi connectivity index (χ4n) is 2.58. The van der Waals surface area contributed by atoms with Gasteiger partial charge in [-0.3, -0.25) is 9.48 Å². The van der Waals surface area contributed by atoms with Gasteiger partial charge in [0.05, 0.1) is 18.3 Å². The molecule has 5 nitrogen and oxygen atoms in total. The molecule has 2 aromatic rings. The van der Waals surface area contributed by atoms with Crippen molar-refractivity contribution in [2.45, 2.75) is 32.7 Å². The largest absolute Gasteiger partial charge is 0.394 e. The molecule has 2 rings (SSSR count). The molecule has 6 heteroatoms. The number of rotatable bonds is 7. The molecule has 1 atom stereocenters. The number of hydrogen-bond donors (Lipinski definition) is 2. The van der Waals surface area contributed by atoms with Crippen molar-refractivity contribution in [3.63, 3.8) is 0 Å². The lowest BCUT2D eigenvalue weighted by Gasteiger charge is -2.16. The van der Waals surface area contributed by atoms with Crippen molar-refractivity contribution in [3.05, 3.63) is 52.3 Å². The molecule has 0 spiro atoms. The first-order chi connectivity index (χ1) is 11.4. The van der Waals surface area contributed by atoms with Crippen molar-refractivity contribution in [3.8, 4) is 0 Å². The number of aromatic nitrogens is 2. The average Bonchev–Trinajstić information content (AvgIpc) is 2.88. The average molecular weight is 350 g/mol. The van der Waals surface area contributed by atoms with E-state index in [1.807, 2.05) is 18.2 Å². The first-order valence-corrected chi connectivity index (χ1v) is 8.46. The maximum atomic E-state index is 12.5. The summed E-state index contributed by atoms with van der Waals surface area (Å²) in [6, 6.07) is 8.83. The van der Waals surface area contributed by atoms with E-state index in [0.717, 1.165) is 17.7 Å². The SMILES string of the molecule is CC(C)Cc1cc(C(=O)N[C@H](CO)Cc2ccc(Cl)cc2)n(C)n1. The molecular formula is C18H24ClN3O2. The lowest BCUT2D eigenvalue weighted by atomic mass is 10.1. The zero-order valence-corrected chi connectivity index (χ0v) is 15.0. The molecule has 0 saturated carbocycles. The third-order valence-electron chi connectivity index (χ3n) is 3.73. The quantitative estimate of drug-likeness (QED) is 0.807. The van der Waals surface area contributed by atoms with Crippen molar-refractivity contribution >= 4 is 17.5 Å². The summed E-state index contributed by atoms with van der Waals surface area (Å²) in [6.45, 7) is 4.09. The van der Waals surface area contributed by atoms with E-state index in [2.05, 4.69) is 24.3 Å². The molecule has 0 fully saturated rings. The lowest BCUT2D eigenvalue weighted by Crippen LogP contribution is -2.39. The summed E-state index contributed by atoms with van der Waals surface area (Å²) >= 11 is 5.87. The van der Waals surface area contributed by atoms with Crippen molar-refractivity contribution < 1.29 is 9.90 Å². The van der Waals surface area contributed by atoms with Gasteiger partial charge >= 0.3 is 0 Å². The van der Waals surface area contributed by atoms with Crippen LogP contribution in [0.2, 0.25) is 5.02 Å². The topological polar surface area (TPSA) is 67.2 Å². The first-order valence-electron chi connectivity index (χ1n) is 8.08. The number of nitrogens with one attached hydrogen (secondary N) is 1. The molecule has 0 unspecified atom stereocenters. The Kier molecular flexibility index (Phi) is 6.40. The van der Waals surface area contributed by atoms with E-state index in [1.165, 1.54) is 0 Å².